The van der Waals surface area contributed by atoms with E-state index in [0.717, 1.165) is 19.3 Å². The molecule has 4 nitrogen and oxygen atoms in total. The lowest BCUT2D eigenvalue weighted by molar-refractivity contribution is -0.147. The van der Waals surface area contributed by atoms with Crippen LogP contribution in [-0.4, -0.2) is 11.9 Å². The molecule has 0 N–H and O–H groups in total. The van der Waals surface area contributed by atoms with Gasteiger partial charge in [-0.1, -0.05) is 51.9 Å². The Morgan fingerprint density at radius 1 is 0.850 bits per heavy atom. The average molecular weight is 282 g/mol. The molecule has 114 valence electrons. The highest BCUT2D eigenvalue weighted by Gasteiger charge is 2.19. The molecule has 1 aliphatic heterocycles. The fourth-order valence-corrected chi connectivity index (χ4v) is 2.13. The third kappa shape index (κ3) is 7.97. The van der Waals surface area contributed by atoms with E-state index in [1.807, 2.05) is 0 Å². The molecule has 0 saturated carbocycles. The number of hydrogen-bond acceptors (Lipinski definition) is 4. The maximum Gasteiger partial charge on any atom is 0.314 e. The number of rotatable bonds is 9. The van der Waals surface area contributed by atoms with Crippen LogP contribution in [0.3, 0.4) is 0 Å². The van der Waals surface area contributed by atoms with Gasteiger partial charge in [0.25, 0.3) is 5.95 Å². The SMILES string of the molecule is CCCCCCCCCCC=C1OC(=O)CCC(=O)O1. The van der Waals surface area contributed by atoms with Crippen LogP contribution in [0.2, 0.25) is 0 Å². The van der Waals surface area contributed by atoms with Gasteiger partial charge in [-0.25, -0.2) is 0 Å². The van der Waals surface area contributed by atoms with Gasteiger partial charge in [-0.05, 0) is 18.9 Å². The number of ether oxygens (including phenoxy) is 2. The Morgan fingerprint density at radius 2 is 1.35 bits per heavy atom. The molecule has 4 heteroatoms. The van der Waals surface area contributed by atoms with Crippen molar-refractivity contribution in [3.8, 4) is 0 Å². The van der Waals surface area contributed by atoms with Gasteiger partial charge in [0.05, 0.1) is 12.8 Å². The summed E-state index contributed by atoms with van der Waals surface area (Å²) in [5.74, 6) is -0.712. The summed E-state index contributed by atoms with van der Waals surface area (Å²) in [7, 11) is 0. The quantitative estimate of drug-likeness (QED) is 0.469. The van der Waals surface area contributed by atoms with Gasteiger partial charge < -0.3 is 9.47 Å². The maximum absolute atomic E-state index is 11.2. The first-order chi connectivity index (χ1) is 9.72. The predicted octanol–water partition coefficient (Wildman–Crippen LogP) is 4.24. The van der Waals surface area contributed by atoms with Gasteiger partial charge >= 0.3 is 11.9 Å². The fraction of sp³-hybridized carbons (Fsp3) is 0.750. The number of carbonyl (C=O) groups is 2. The number of allylic oxidation sites excluding steroid dienone is 1. The first-order valence-electron chi connectivity index (χ1n) is 7.84. The summed E-state index contributed by atoms with van der Waals surface area (Å²) in [6.07, 6.45) is 12.7. The molecule has 0 atom stereocenters. The van der Waals surface area contributed by atoms with Crippen LogP contribution < -0.4 is 0 Å². The highest BCUT2D eigenvalue weighted by molar-refractivity contribution is 5.80. The van der Waals surface area contributed by atoms with Crippen molar-refractivity contribution in [2.75, 3.05) is 0 Å². The van der Waals surface area contributed by atoms with Crippen LogP contribution in [-0.2, 0) is 19.1 Å². The molecule has 0 unspecified atom stereocenters. The van der Waals surface area contributed by atoms with Crippen molar-refractivity contribution < 1.29 is 19.1 Å². The van der Waals surface area contributed by atoms with Crippen LogP contribution in [0.5, 0.6) is 0 Å². The summed E-state index contributed by atoms with van der Waals surface area (Å²) in [6, 6.07) is 0. The molecule has 1 rings (SSSR count). The highest BCUT2D eigenvalue weighted by atomic mass is 16.7. The molecule has 0 aliphatic carbocycles. The van der Waals surface area contributed by atoms with E-state index in [1.54, 1.807) is 6.08 Å². The van der Waals surface area contributed by atoms with Crippen molar-refractivity contribution >= 4 is 11.9 Å². The summed E-state index contributed by atoms with van der Waals surface area (Å²) in [6.45, 7) is 2.22. The Hall–Kier alpha value is -1.32. The summed E-state index contributed by atoms with van der Waals surface area (Å²) in [5, 5.41) is 0. The van der Waals surface area contributed by atoms with Crippen molar-refractivity contribution in [2.45, 2.75) is 77.6 Å². The molecule has 0 amide bonds. The Kier molecular flexibility index (Phi) is 8.76. The number of cyclic esters (lactones) is 2. The molecule has 1 aliphatic rings. The lowest BCUT2D eigenvalue weighted by Gasteiger charge is -2.04. The molecular formula is C16H26O4. The second-order valence-electron chi connectivity index (χ2n) is 5.23. The molecule has 0 bridgehead atoms. The zero-order valence-electron chi connectivity index (χ0n) is 12.5. The fourth-order valence-electron chi connectivity index (χ4n) is 2.13. The molecule has 0 spiro atoms. The summed E-state index contributed by atoms with van der Waals surface area (Å²) >= 11 is 0. The summed E-state index contributed by atoms with van der Waals surface area (Å²) in [4.78, 5) is 22.4. The first-order valence-corrected chi connectivity index (χ1v) is 7.84. The lowest BCUT2D eigenvalue weighted by Crippen LogP contribution is -2.02. The monoisotopic (exact) mass is 282 g/mol. The molecule has 0 aromatic carbocycles. The van der Waals surface area contributed by atoms with Crippen LogP contribution in [0.15, 0.2) is 12.0 Å². The van der Waals surface area contributed by atoms with Gasteiger partial charge in [-0.15, -0.1) is 0 Å². The van der Waals surface area contributed by atoms with Crippen molar-refractivity contribution in [1.29, 1.82) is 0 Å². The standard InChI is InChI=1S/C16H26O4/c1-2-3-4-5-6-7-8-9-10-11-16-19-14(17)12-13-15(18)20-16/h11H,2-10,12-13H2,1H3. The summed E-state index contributed by atoms with van der Waals surface area (Å²) in [5.41, 5.74) is 0. The van der Waals surface area contributed by atoms with Gasteiger partial charge in [0.1, 0.15) is 0 Å². The highest BCUT2D eigenvalue weighted by Crippen LogP contribution is 2.14. The van der Waals surface area contributed by atoms with E-state index < -0.39 is 11.9 Å². The number of unbranched alkanes of at least 4 members (excludes halogenated alkanes) is 8. The van der Waals surface area contributed by atoms with E-state index in [-0.39, 0.29) is 18.8 Å². The minimum absolute atomic E-state index is 0.0699. The Morgan fingerprint density at radius 3 is 1.90 bits per heavy atom. The second kappa shape index (κ2) is 10.5. The number of esters is 2. The van der Waals surface area contributed by atoms with Crippen LogP contribution >= 0.6 is 0 Å². The number of carbonyl (C=O) groups excluding carboxylic acids is 2. The first kappa shape index (κ1) is 16.7. The minimum atomic E-state index is -0.391. The van der Waals surface area contributed by atoms with E-state index in [2.05, 4.69) is 6.92 Å². The van der Waals surface area contributed by atoms with Crippen molar-refractivity contribution in [2.24, 2.45) is 0 Å². The molecule has 0 aromatic heterocycles. The summed E-state index contributed by atoms with van der Waals surface area (Å²) < 4.78 is 9.87. The van der Waals surface area contributed by atoms with Crippen LogP contribution in [0.1, 0.15) is 77.6 Å². The Balaban J connectivity index is 2.08. The van der Waals surface area contributed by atoms with Gasteiger partial charge in [0, 0.05) is 0 Å². The van der Waals surface area contributed by atoms with Gasteiger partial charge in [-0.2, -0.15) is 0 Å². The lowest BCUT2D eigenvalue weighted by atomic mass is 10.1. The topological polar surface area (TPSA) is 52.6 Å². The van der Waals surface area contributed by atoms with E-state index in [9.17, 15) is 9.59 Å². The van der Waals surface area contributed by atoms with Crippen molar-refractivity contribution in [3.63, 3.8) is 0 Å². The molecule has 1 saturated heterocycles. The maximum atomic E-state index is 11.2. The third-order valence-electron chi connectivity index (χ3n) is 3.33. The molecule has 0 radical (unpaired) electrons. The van der Waals surface area contributed by atoms with E-state index in [4.69, 9.17) is 9.47 Å². The third-order valence-corrected chi connectivity index (χ3v) is 3.33. The van der Waals surface area contributed by atoms with Crippen molar-refractivity contribution in [1.82, 2.24) is 0 Å². The van der Waals surface area contributed by atoms with Crippen molar-refractivity contribution in [3.05, 3.63) is 12.0 Å². The normalized spacial score (nSPS) is 15.6. The van der Waals surface area contributed by atoms with Gasteiger partial charge in [-0.3, -0.25) is 9.59 Å². The molecule has 0 aromatic rings. The zero-order chi connectivity index (χ0) is 14.6. The molecule has 20 heavy (non-hydrogen) atoms. The average Bonchev–Trinajstić information content (AvgIpc) is 2.58. The second-order valence-corrected chi connectivity index (χ2v) is 5.23. The Labute approximate surface area is 121 Å². The van der Waals surface area contributed by atoms with E-state index in [0.29, 0.717) is 0 Å². The minimum Gasteiger partial charge on any atom is -0.393 e. The molecule has 1 fully saturated rings. The van der Waals surface area contributed by atoms with Crippen LogP contribution in [0.25, 0.3) is 0 Å². The largest absolute Gasteiger partial charge is 0.393 e. The van der Waals surface area contributed by atoms with Crippen LogP contribution in [0, 0.1) is 0 Å². The van der Waals surface area contributed by atoms with Gasteiger partial charge in [0.2, 0.25) is 0 Å². The molecular weight excluding hydrogens is 256 g/mol. The predicted molar refractivity (Wildman–Crippen MR) is 76.7 cm³/mol. The zero-order valence-corrected chi connectivity index (χ0v) is 12.5. The Bertz CT molecular complexity index is 313. The van der Waals surface area contributed by atoms with Gasteiger partial charge in [0.15, 0.2) is 0 Å². The van der Waals surface area contributed by atoms with E-state index >= 15 is 0 Å². The number of hydrogen-bond donors (Lipinski definition) is 0. The molecule has 1 heterocycles. The van der Waals surface area contributed by atoms with Crippen LogP contribution in [0.4, 0.5) is 0 Å². The van der Waals surface area contributed by atoms with E-state index in [1.165, 1.54) is 38.5 Å². The smallest absolute Gasteiger partial charge is 0.314 e.